The van der Waals surface area contributed by atoms with Gasteiger partial charge >= 0.3 is 0 Å². The fraction of sp³-hybridized carbons (Fsp3) is 0.923. The fourth-order valence-corrected chi connectivity index (χ4v) is 4.01. The first-order valence-corrected chi connectivity index (χ1v) is 8.98. The second-order valence-electron chi connectivity index (χ2n) is 6.34. The molecule has 2 aliphatic heterocycles. The summed E-state index contributed by atoms with van der Waals surface area (Å²) >= 11 is 0. The van der Waals surface area contributed by atoms with Gasteiger partial charge in [0.15, 0.2) is 0 Å². The van der Waals surface area contributed by atoms with Crippen LogP contribution in [0.1, 0.15) is 33.1 Å². The summed E-state index contributed by atoms with van der Waals surface area (Å²) in [6, 6.07) is -0.588. The number of nitrogens with zero attached hydrogens (tertiary/aromatic N) is 2. The quantitative estimate of drug-likeness (QED) is 0.798. The van der Waals surface area contributed by atoms with Gasteiger partial charge in [-0.05, 0) is 18.8 Å². The number of hydrogen-bond acceptors (Lipinski definition) is 4. The van der Waals surface area contributed by atoms with Gasteiger partial charge in [-0.25, -0.2) is 8.42 Å². The maximum Gasteiger partial charge on any atom is 0.241 e. The number of sulfonamides is 1. The molecule has 0 bridgehead atoms. The minimum absolute atomic E-state index is 0.0870. The van der Waals surface area contributed by atoms with E-state index >= 15 is 0 Å². The molecule has 0 aromatic heterocycles. The van der Waals surface area contributed by atoms with Gasteiger partial charge in [0.05, 0.1) is 19.3 Å². The lowest BCUT2D eigenvalue weighted by atomic mass is 9.82. The SMILES string of the molecule is CC(C)C1(O)CN(C(=O)C2CCCCN2S(C)(=O)=O)C1. The molecule has 1 amide bonds. The third-order valence-corrected chi connectivity index (χ3v) is 5.77. The summed E-state index contributed by atoms with van der Waals surface area (Å²) in [6.45, 7) is 4.86. The van der Waals surface area contributed by atoms with Crippen molar-refractivity contribution in [3.05, 3.63) is 0 Å². The van der Waals surface area contributed by atoms with Gasteiger partial charge in [-0.3, -0.25) is 4.79 Å². The summed E-state index contributed by atoms with van der Waals surface area (Å²) in [5.74, 6) is -0.0793. The number of β-amino-alcohol motifs (C(OH)–C–C–N with tert-alkyl or cyclic N) is 1. The molecule has 2 aliphatic rings. The number of piperidine rings is 1. The van der Waals surface area contributed by atoms with E-state index < -0.39 is 21.7 Å². The van der Waals surface area contributed by atoms with Crippen LogP contribution in [0, 0.1) is 5.92 Å². The van der Waals surface area contributed by atoms with E-state index in [2.05, 4.69) is 0 Å². The van der Waals surface area contributed by atoms with E-state index in [1.807, 2.05) is 13.8 Å². The number of carbonyl (C=O) groups is 1. The average Bonchev–Trinajstić information content (AvgIpc) is 2.32. The number of carbonyl (C=O) groups excluding carboxylic acids is 1. The summed E-state index contributed by atoms with van der Waals surface area (Å²) in [7, 11) is -3.36. The van der Waals surface area contributed by atoms with Crippen LogP contribution in [-0.2, 0) is 14.8 Å². The summed E-state index contributed by atoms with van der Waals surface area (Å²) < 4.78 is 24.9. The van der Waals surface area contributed by atoms with E-state index in [4.69, 9.17) is 0 Å². The molecule has 0 radical (unpaired) electrons. The molecule has 0 saturated carbocycles. The second kappa shape index (κ2) is 5.27. The second-order valence-corrected chi connectivity index (χ2v) is 8.27. The van der Waals surface area contributed by atoms with E-state index in [1.54, 1.807) is 4.90 Å². The standard InChI is InChI=1S/C13H24N2O4S/c1-10(2)13(17)8-14(9-13)12(16)11-6-4-5-7-15(11)20(3,18)19/h10-11,17H,4-9H2,1-3H3. The Morgan fingerprint density at radius 1 is 1.30 bits per heavy atom. The van der Waals surface area contributed by atoms with Crippen molar-refractivity contribution in [2.75, 3.05) is 25.9 Å². The predicted octanol–water partition coefficient (Wildman–Crippen LogP) is 0.0298. The smallest absolute Gasteiger partial charge is 0.241 e. The summed E-state index contributed by atoms with van der Waals surface area (Å²) in [4.78, 5) is 14.0. The molecule has 7 heteroatoms. The normalized spacial score (nSPS) is 27.4. The molecule has 1 unspecified atom stereocenters. The minimum Gasteiger partial charge on any atom is -0.386 e. The molecule has 116 valence electrons. The largest absolute Gasteiger partial charge is 0.386 e. The minimum atomic E-state index is -3.36. The molecule has 2 fully saturated rings. The van der Waals surface area contributed by atoms with Gasteiger partial charge in [0, 0.05) is 6.54 Å². The molecule has 2 saturated heterocycles. The van der Waals surface area contributed by atoms with Crippen LogP contribution in [0.2, 0.25) is 0 Å². The third kappa shape index (κ3) is 2.84. The Hall–Kier alpha value is -0.660. The molecule has 2 heterocycles. The monoisotopic (exact) mass is 304 g/mol. The zero-order valence-electron chi connectivity index (χ0n) is 12.4. The summed E-state index contributed by atoms with van der Waals surface area (Å²) in [5, 5.41) is 10.2. The van der Waals surface area contributed by atoms with Crippen LogP contribution >= 0.6 is 0 Å². The molecular formula is C13H24N2O4S. The highest BCUT2D eigenvalue weighted by Gasteiger charge is 2.48. The van der Waals surface area contributed by atoms with E-state index in [0.29, 0.717) is 26.1 Å². The maximum absolute atomic E-state index is 12.5. The van der Waals surface area contributed by atoms with E-state index in [0.717, 1.165) is 19.1 Å². The van der Waals surface area contributed by atoms with Crippen molar-refractivity contribution in [2.24, 2.45) is 5.92 Å². The molecular weight excluding hydrogens is 280 g/mol. The Morgan fingerprint density at radius 3 is 2.40 bits per heavy atom. The molecule has 0 aromatic rings. The average molecular weight is 304 g/mol. The van der Waals surface area contributed by atoms with Crippen LogP contribution in [0.15, 0.2) is 0 Å². The van der Waals surface area contributed by atoms with Crippen LogP contribution in [0.25, 0.3) is 0 Å². The highest BCUT2D eigenvalue weighted by Crippen LogP contribution is 2.31. The number of hydrogen-bond donors (Lipinski definition) is 1. The Kier molecular flexibility index (Phi) is 4.15. The number of aliphatic hydroxyl groups is 1. The van der Waals surface area contributed by atoms with Crippen LogP contribution in [0.4, 0.5) is 0 Å². The molecule has 2 rings (SSSR count). The topological polar surface area (TPSA) is 77.9 Å². The highest BCUT2D eigenvalue weighted by atomic mass is 32.2. The molecule has 6 nitrogen and oxygen atoms in total. The van der Waals surface area contributed by atoms with Crippen molar-refractivity contribution in [1.82, 2.24) is 9.21 Å². The Balaban J connectivity index is 2.06. The summed E-state index contributed by atoms with van der Waals surface area (Å²) in [5.41, 5.74) is -0.819. The predicted molar refractivity (Wildman–Crippen MR) is 75.6 cm³/mol. The first kappa shape index (κ1) is 15.7. The molecule has 20 heavy (non-hydrogen) atoms. The van der Waals surface area contributed by atoms with Crippen molar-refractivity contribution in [3.8, 4) is 0 Å². The molecule has 0 aliphatic carbocycles. The van der Waals surface area contributed by atoms with E-state index in [9.17, 15) is 18.3 Å². The van der Waals surface area contributed by atoms with E-state index in [1.165, 1.54) is 4.31 Å². The van der Waals surface area contributed by atoms with Crippen molar-refractivity contribution in [1.29, 1.82) is 0 Å². The fourth-order valence-electron chi connectivity index (χ4n) is 2.90. The van der Waals surface area contributed by atoms with Crippen LogP contribution in [-0.4, -0.2) is 66.2 Å². The highest BCUT2D eigenvalue weighted by molar-refractivity contribution is 7.88. The van der Waals surface area contributed by atoms with Gasteiger partial charge in [-0.2, -0.15) is 4.31 Å². The molecule has 0 spiro atoms. The maximum atomic E-state index is 12.5. The summed E-state index contributed by atoms with van der Waals surface area (Å²) in [6.07, 6.45) is 3.39. The number of rotatable bonds is 3. The van der Waals surface area contributed by atoms with Crippen molar-refractivity contribution in [2.45, 2.75) is 44.8 Å². The van der Waals surface area contributed by atoms with Gasteiger partial charge < -0.3 is 10.0 Å². The molecule has 1 N–H and O–H groups in total. The van der Waals surface area contributed by atoms with Gasteiger partial charge in [0.2, 0.25) is 15.9 Å². The zero-order valence-corrected chi connectivity index (χ0v) is 13.2. The van der Waals surface area contributed by atoms with E-state index in [-0.39, 0.29) is 11.8 Å². The molecule has 1 atom stereocenters. The molecule has 0 aromatic carbocycles. The van der Waals surface area contributed by atoms with Gasteiger partial charge in [0.1, 0.15) is 11.6 Å². The van der Waals surface area contributed by atoms with Crippen molar-refractivity contribution in [3.63, 3.8) is 0 Å². The van der Waals surface area contributed by atoms with Crippen molar-refractivity contribution >= 4 is 15.9 Å². The first-order valence-electron chi connectivity index (χ1n) is 7.13. The van der Waals surface area contributed by atoms with Crippen LogP contribution in [0.5, 0.6) is 0 Å². The number of likely N-dealkylation sites (tertiary alicyclic amines) is 1. The van der Waals surface area contributed by atoms with Crippen molar-refractivity contribution < 1.29 is 18.3 Å². The van der Waals surface area contributed by atoms with Gasteiger partial charge in [-0.15, -0.1) is 0 Å². The van der Waals surface area contributed by atoms with Gasteiger partial charge in [0.25, 0.3) is 0 Å². The van der Waals surface area contributed by atoms with Gasteiger partial charge in [-0.1, -0.05) is 20.3 Å². The Bertz CT molecular complexity index is 483. The zero-order chi connectivity index (χ0) is 15.1. The lowest BCUT2D eigenvalue weighted by molar-refractivity contribution is -0.168. The van der Waals surface area contributed by atoms with Crippen LogP contribution < -0.4 is 0 Å². The lowest BCUT2D eigenvalue weighted by Crippen LogP contribution is -2.68. The Morgan fingerprint density at radius 2 is 1.90 bits per heavy atom. The van der Waals surface area contributed by atoms with Crippen LogP contribution in [0.3, 0.4) is 0 Å². The number of amides is 1. The Labute approximate surface area is 120 Å². The first-order chi connectivity index (χ1) is 9.15. The third-order valence-electron chi connectivity index (χ3n) is 4.48. The lowest BCUT2D eigenvalue weighted by Gasteiger charge is -2.50.